The van der Waals surface area contributed by atoms with Crippen LogP contribution in [0.5, 0.6) is 0 Å². The Morgan fingerprint density at radius 1 is 1.35 bits per heavy atom. The van der Waals surface area contributed by atoms with Gasteiger partial charge in [0.25, 0.3) is 0 Å². The van der Waals surface area contributed by atoms with Gasteiger partial charge in [0.1, 0.15) is 21.5 Å². The van der Waals surface area contributed by atoms with Crippen molar-refractivity contribution in [1.29, 1.82) is 0 Å². The number of aromatic nitrogens is 2. The van der Waals surface area contributed by atoms with Gasteiger partial charge in [0.2, 0.25) is 5.95 Å². The maximum Gasteiger partial charge on any atom is 0.222 e. The quantitative estimate of drug-likeness (QED) is 0.631. The molecule has 0 amide bonds. The predicted octanol–water partition coefficient (Wildman–Crippen LogP) is 3.09. The minimum absolute atomic E-state index is 0.265. The summed E-state index contributed by atoms with van der Waals surface area (Å²) in [6, 6.07) is 1.87. The average molecular weight is 380 g/mol. The fourth-order valence-electron chi connectivity index (χ4n) is 2.03. The number of hydrogen-bond donors (Lipinski definition) is 1. The van der Waals surface area contributed by atoms with E-state index in [0.717, 1.165) is 28.1 Å². The van der Waals surface area contributed by atoms with Crippen molar-refractivity contribution in [3.63, 3.8) is 0 Å². The Morgan fingerprint density at radius 3 is 3.00 bits per heavy atom. The molecule has 0 spiro atoms. The fraction of sp³-hybridized carbons (Fsp3) is 0.143. The van der Waals surface area contributed by atoms with Crippen LogP contribution in [0.4, 0.5) is 11.8 Å². The van der Waals surface area contributed by atoms with Crippen LogP contribution in [0.15, 0.2) is 54.3 Å². The number of rotatable bonds is 2. The Hall–Kier alpha value is -1.83. The summed E-state index contributed by atoms with van der Waals surface area (Å²) in [7, 11) is 0. The lowest BCUT2D eigenvalue weighted by molar-refractivity contribution is 0.348. The van der Waals surface area contributed by atoms with E-state index in [4.69, 9.17) is 10.5 Å². The van der Waals surface area contributed by atoms with Crippen LogP contribution >= 0.6 is 22.6 Å². The zero-order valence-electron chi connectivity index (χ0n) is 10.7. The molecule has 6 heteroatoms. The van der Waals surface area contributed by atoms with Crippen LogP contribution in [0.1, 0.15) is 12.8 Å². The van der Waals surface area contributed by atoms with Crippen LogP contribution < -0.4 is 10.6 Å². The molecule has 1 aliphatic carbocycles. The van der Waals surface area contributed by atoms with Crippen molar-refractivity contribution >= 4 is 34.4 Å². The zero-order valence-corrected chi connectivity index (χ0v) is 12.8. The van der Waals surface area contributed by atoms with Crippen molar-refractivity contribution < 1.29 is 4.74 Å². The first-order chi connectivity index (χ1) is 9.72. The van der Waals surface area contributed by atoms with E-state index in [1.165, 1.54) is 5.57 Å². The topological polar surface area (TPSA) is 64.3 Å². The molecule has 1 aliphatic heterocycles. The molecule has 1 aromatic heterocycles. The Morgan fingerprint density at radius 2 is 2.25 bits per heavy atom. The van der Waals surface area contributed by atoms with Crippen molar-refractivity contribution in [2.45, 2.75) is 12.8 Å². The lowest BCUT2D eigenvalue weighted by atomic mass is 10.0. The zero-order chi connectivity index (χ0) is 13.9. The Labute approximate surface area is 130 Å². The lowest BCUT2D eigenvalue weighted by Gasteiger charge is -2.22. The van der Waals surface area contributed by atoms with E-state index in [2.05, 4.69) is 50.8 Å². The van der Waals surface area contributed by atoms with Crippen LogP contribution in [0.25, 0.3) is 0 Å². The highest BCUT2D eigenvalue weighted by molar-refractivity contribution is 14.1. The summed E-state index contributed by atoms with van der Waals surface area (Å²) in [5, 5.41) is 0. The lowest BCUT2D eigenvalue weighted by Crippen LogP contribution is -2.16. The van der Waals surface area contributed by atoms with Crippen LogP contribution in [-0.4, -0.2) is 9.97 Å². The Bertz CT molecular complexity index is 628. The molecule has 0 aromatic carbocycles. The molecule has 0 saturated carbocycles. The molecule has 0 atom stereocenters. The smallest absolute Gasteiger partial charge is 0.222 e. The first kappa shape index (κ1) is 13.2. The SMILES string of the molecule is Nc1nc(I)cc(N2C=COC(C3=CC=CCC3)=C2)n1. The van der Waals surface area contributed by atoms with Gasteiger partial charge in [-0.05, 0) is 41.0 Å². The van der Waals surface area contributed by atoms with Gasteiger partial charge in [0, 0.05) is 12.3 Å². The first-order valence-corrected chi connectivity index (χ1v) is 7.30. The third kappa shape index (κ3) is 2.84. The molecule has 102 valence electrons. The second-order valence-electron chi connectivity index (χ2n) is 4.37. The number of nitrogens with zero attached hydrogens (tertiary/aromatic N) is 3. The molecule has 5 nitrogen and oxygen atoms in total. The fourth-order valence-corrected chi connectivity index (χ4v) is 2.56. The van der Waals surface area contributed by atoms with Gasteiger partial charge >= 0.3 is 0 Å². The van der Waals surface area contributed by atoms with E-state index in [1.807, 2.05) is 17.2 Å². The summed E-state index contributed by atoms with van der Waals surface area (Å²) < 4.78 is 6.40. The summed E-state index contributed by atoms with van der Waals surface area (Å²) in [4.78, 5) is 10.2. The summed E-state index contributed by atoms with van der Waals surface area (Å²) in [6.07, 6.45) is 13.7. The van der Waals surface area contributed by atoms with E-state index in [9.17, 15) is 0 Å². The predicted molar refractivity (Wildman–Crippen MR) is 86.4 cm³/mol. The second kappa shape index (κ2) is 5.66. The van der Waals surface area contributed by atoms with Gasteiger partial charge in [-0.25, -0.2) is 4.98 Å². The molecule has 2 N–H and O–H groups in total. The van der Waals surface area contributed by atoms with Gasteiger partial charge < -0.3 is 15.4 Å². The highest BCUT2D eigenvalue weighted by Crippen LogP contribution is 2.26. The first-order valence-electron chi connectivity index (χ1n) is 6.22. The number of halogens is 1. The molecule has 3 rings (SSSR count). The second-order valence-corrected chi connectivity index (χ2v) is 5.47. The summed E-state index contributed by atoms with van der Waals surface area (Å²) in [5.74, 6) is 1.83. The van der Waals surface area contributed by atoms with Crippen molar-refractivity contribution in [3.05, 3.63) is 58.0 Å². The highest BCUT2D eigenvalue weighted by atomic mass is 127. The molecular weight excluding hydrogens is 367 g/mol. The van der Waals surface area contributed by atoms with Crippen molar-refractivity contribution in [2.75, 3.05) is 10.6 Å². The van der Waals surface area contributed by atoms with Gasteiger partial charge in [-0.3, -0.25) is 0 Å². The summed E-state index contributed by atoms with van der Waals surface area (Å²) in [5.41, 5.74) is 6.87. The van der Waals surface area contributed by atoms with Gasteiger partial charge in [-0.15, -0.1) is 0 Å². The van der Waals surface area contributed by atoms with Crippen LogP contribution in [0, 0.1) is 3.70 Å². The molecule has 0 unspecified atom stereocenters. The van der Waals surface area contributed by atoms with Crippen LogP contribution in [0.3, 0.4) is 0 Å². The van der Waals surface area contributed by atoms with Gasteiger partial charge in [-0.2, -0.15) is 4.98 Å². The van der Waals surface area contributed by atoms with Crippen molar-refractivity contribution in [2.24, 2.45) is 0 Å². The van der Waals surface area contributed by atoms with Crippen LogP contribution in [0.2, 0.25) is 0 Å². The molecular formula is C14H13IN4O. The van der Waals surface area contributed by atoms with Gasteiger partial charge in [0.05, 0.1) is 6.20 Å². The van der Waals surface area contributed by atoms with E-state index < -0.39 is 0 Å². The number of hydrogen-bond acceptors (Lipinski definition) is 5. The monoisotopic (exact) mass is 380 g/mol. The van der Waals surface area contributed by atoms with E-state index in [-0.39, 0.29) is 5.95 Å². The molecule has 0 fully saturated rings. The maximum atomic E-state index is 5.69. The molecule has 2 aliphatic rings. The number of nitrogen functional groups attached to an aromatic ring is 1. The average Bonchev–Trinajstić information content (AvgIpc) is 2.47. The molecule has 0 bridgehead atoms. The number of ether oxygens (including phenoxy) is 1. The minimum atomic E-state index is 0.265. The van der Waals surface area contributed by atoms with E-state index >= 15 is 0 Å². The number of anilines is 2. The third-order valence-corrected chi connectivity index (χ3v) is 3.52. The Kier molecular flexibility index (Phi) is 3.72. The standard InChI is InChI=1S/C14H13IN4O/c15-12-8-13(18-14(16)17-12)19-6-7-20-11(9-19)10-4-2-1-3-5-10/h1-2,4,6-9H,3,5H2,(H2,16,17,18). The summed E-state index contributed by atoms with van der Waals surface area (Å²) in [6.45, 7) is 0. The third-order valence-electron chi connectivity index (χ3n) is 2.97. The van der Waals surface area contributed by atoms with Gasteiger partial charge in [-0.1, -0.05) is 18.2 Å². The number of nitrogens with two attached hydrogens (primary N) is 1. The minimum Gasteiger partial charge on any atom is -0.462 e. The maximum absolute atomic E-state index is 5.69. The number of allylic oxidation sites excluding steroid dienone is 4. The molecule has 0 saturated heterocycles. The molecule has 0 radical (unpaired) electrons. The normalized spacial score (nSPS) is 17.6. The Balaban J connectivity index is 1.91. The van der Waals surface area contributed by atoms with Crippen LogP contribution in [-0.2, 0) is 4.74 Å². The molecule has 20 heavy (non-hydrogen) atoms. The largest absolute Gasteiger partial charge is 0.462 e. The van der Waals surface area contributed by atoms with Crippen molar-refractivity contribution in [3.8, 4) is 0 Å². The highest BCUT2D eigenvalue weighted by Gasteiger charge is 2.15. The van der Waals surface area contributed by atoms with E-state index in [1.54, 1.807) is 12.5 Å². The van der Waals surface area contributed by atoms with Gasteiger partial charge in [0.15, 0.2) is 0 Å². The molecule has 1 aromatic rings. The summed E-state index contributed by atoms with van der Waals surface area (Å²) >= 11 is 2.12. The van der Waals surface area contributed by atoms with E-state index in [0.29, 0.717) is 0 Å². The molecule has 2 heterocycles. The van der Waals surface area contributed by atoms with Crippen molar-refractivity contribution in [1.82, 2.24) is 9.97 Å².